The number of carbonyl (C=O) groups is 1. The summed E-state index contributed by atoms with van der Waals surface area (Å²) < 4.78 is 0. The highest BCUT2D eigenvalue weighted by molar-refractivity contribution is 5.94. The highest BCUT2D eigenvalue weighted by Gasteiger charge is 1.96. The maximum Gasteiger partial charge on any atom is 0.159 e. The van der Waals surface area contributed by atoms with Crippen molar-refractivity contribution in [1.29, 1.82) is 0 Å². The number of Topliss-reactive ketones (excluding diaryl/α,β-unsaturated/α-hetero) is 1. The van der Waals surface area contributed by atoms with Crippen LogP contribution in [0, 0.1) is 0 Å². The van der Waals surface area contributed by atoms with Crippen molar-refractivity contribution >= 4 is 5.78 Å². The van der Waals surface area contributed by atoms with Crippen molar-refractivity contribution in [3.05, 3.63) is 11.8 Å². The van der Waals surface area contributed by atoms with Gasteiger partial charge in [-0.3, -0.25) is 4.79 Å². The highest BCUT2D eigenvalue weighted by atomic mass is 16.1. The van der Waals surface area contributed by atoms with Crippen LogP contribution in [-0.4, -0.2) is 5.78 Å². The lowest BCUT2D eigenvalue weighted by molar-refractivity contribution is -0.115. The molecule has 0 radical (unpaired) electrons. The SMILES string of the molecule is CCC(=O)/C(C)=C\N. The number of ketones is 1. The van der Waals surface area contributed by atoms with Crippen molar-refractivity contribution in [1.82, 2.24) is 0 Å². The van der Waals surface area contributed by atoms with E-state index in [2.05, 4.69) is 0 Å². The molecular weight excluding hydrogens is 102 g/mol. The number of hydrogen-bond donors (Lipinski definition) is 1. The number of allylic oxidation sites excluding steroid dienone is 1. The molecule has 0 aromatic heterocycles. The second kappa shape index (κ2) is 3.24. The molecule has 8 heavy (non-hydrogen) atoms. The van der Waals surface area contributed by atoms with E-state index in [1.54, 1.807) is 6.92 Å². The fourth-order valence-corrected chi connectivity index (χ4v) is 0.372. The van der Waals surface area contributed by atoms with Gasteiger partial charge >= 0.3 is 0 Å². The Bertz CT molecular complexity index is 116. The third kappa shape index (κ3) is 1.78. The Labute approximate surface area is 49.4 Å². The van der Waals surface area contributed by atoms with Crippen molar-refractivity contribution in [3.63, 3.8) is 0 Å². The zero-order valence-electron chi connectivity index (χ0n) is 5.27. The summed E-state index contributed by atoms with van der Waals surface area (Å²) in [5, 5.41) is 0. The molecule has 0 aromatic rings. The molecule has 2 nitrogen and oxygen atoms in total. The van der Waals surface area contributed by atoms with Gasteiger partial charge in [-0.05, 0) is 6.92 Å². The molecule has 0 fully saturated rings. The van der Waals surface area contributed by atoms with Gasteiger partial charge in [-0.15, -0.1) is 0 Å². The normalized spacial score (nSPS) is 11.5. The van der Waals surface area contributed by atoms with E-state index in [4.69, 9.17) is 5.73 Å². The molecule has 2 heteroatoms. The van der Waals surface area contributed by atoms with Gasteiger partial charge in [0.2, 0.25) is 0 Å². The summed E-state index contributed by atoms with van der Waals surface area (Å²) in [5.41, 5.74) is 5.71. The summed E-state index contributed by atoms with van der Waals surface area (Å²) in [6.07, 6.45) is 1.88. The molecule has 0 aliphatic rings. The van der Waals surface area contributed by atoms with Crippen molar-refractivity contribution in [2.45, 2.75) is 20.3 Å². The third-order valence-electron chi connectivity index (χ3n) is 1.01. The third-order valence-corrected chi connectivity index (χ3v) is 1.01. The van der Waals surface area contributed by atoms with Crippen LogP contribution >= 0.6 is 0 Å². The predicted octanol–water partition coefficient (Wildman–Crippen LogP) is 0.828. The van der Waals surface area contributed by atoms with Gasteiger partial charge < -0.3 is 5.73 Å². The van der Waals surface area contributed by atoms with Crippen molar-refractivity contribution in [2.75, 3.05) is 0 Å². The van der Waals surface area contributed by atoms with Gasteiger partial charge in [-0.2, -0.15) is 0 Å². The Hall–Kier alpha value is -0.790. The van der Waals surface area contributed by atoms with Crippen LogP contribution in [0.3, 0.4) is 0 Å². The molecule has 0 atom stereocenters. The largest absolute Gasteiger partial charge is 0.404 e. The molecule has 0 saturated carbocycles. The van der Waals surface area contributed by atoms with Gasteiger partial charge in [-0.1, -0.05) is 6.92 Å². The molecular formula is C6H11NO. The smallest absolute Gasteiger partial charge is 0.159 e. The first-order chi connectivity index (χ1) is 3.72. The number of rotatable bonds is 2. The summed E-state index contributed by atoms with van der Waals surface area (Å²) in [5.74, 6) is 0.118. The summed E-state index contributed by atoms with van der Waals surface area (Å²) >= 11 is 0. The van der Waals surface area contributed by atoms with Gasteiger partial charge in [0.25, 0.3) is 0 Å². The molecule has 0 heterocycles. The Kier molecular flexibility index (Phi) is 2.92. The maximum atomic E-state index is 10.6. The van der Waals surface area contributed by atoms with Crippen molar-refractivity contribution < 1.29 is 4.79 Å². The highest BCUT2D eigenvalue weighted by Crippen LogP contribution is 1.93. The minimum absolute atomic E-state index is 0.118. The van der Waals surface area contributed by atoms with Gasteiger partial charge in [0, 0.05) is 18.2 Å². The van der Waals surface area contributed by atoms with Crippen LogP contribution in [-0.2, 0) is 4.79 Å². The Balaban J connectivity index is 3.83. The summed E-state index contributed by atoms with van der Waals surface area (Å²) in [6.45, 7) is 3.53. The Morgan fingerprint density at radius 3 is 2.38 bits per heavy atom. The standard InChI is InChI=1S/C6H11NO/c1-3-6(8)5(2)4-7/h4H,3,7H2,1-2H3/b5-4-. The minimum Gasteiger partial charge on any atom is -0.404 e. The minimum atomic E-state index is 0.118. The summed E-state index contributed by atoms with van der Waals surface area (Å²) in [7, 11) is 0. The fraction of sp³-hybridized carbons (Fsp3) is 0.500. The molecule has 0 aromatic carbocycles. The molecule has 0 unspecified atom stereocenters. The zero-order chi connectivity index (χ0) is 6.57. The van der Waals surface area contributed by atoms with Crippen LogP contribution in [0.15, 0.2) is 11.8 Å². The van der Waals surface area contributed by atoms with Gasteiger partial charge in [-0.25, -0.2) is 0 Å². The lowest BCUT2D eigenvalue weighted by Crippen LogP contribution is -1.98. The van der Waals surface area contributed by atoms with Crippen LogP contribution in [0.2, 0.25) is 0 Å². The van der Waals surface area contributed by atoms with E-state index in [-0.39, 0.29) is 5.78 Å². The molecule has 0 spiro atoms. The Morgan fingerprint density at radius 1 is 1.75 bits per heavy atom. The van der Waals surface area contributed by atoms with E-state index >= 15 is 0 Å². The second-order valence-electron chi connectivity index (χ2n) is 1.63. The first-order valence-electron chi connectivity index (χ1n) is 2.64. The first kappa shape index (κ1) is 7.21. The van der Waals surface area contributed by atoms with Crippen LogP contribution < -0.4 is 5.73 Å². The van der Waals surface area contributed by atoms with E-state index in [9.17, 15) is 4.79 Å². The molecule has 0 aliphatic carbocycles. The molecule has 0 amide bonds. The van der Waals surface area contributed by atoms with E-state index in [0.29, 0.717) is 12.0 Å². The first-order valence-corrected chi connectivity index (χ1v) is 2.64. The average molecular weight is 113 g/mol. The summed E-state index contributed by atoms with van der Waals surface area (Å²) in [6, 6.07) is 0. The second-order valence-corrected chi connectivity index (χ2v) is 1.63. The van der Waals surface area contributed by atoms with Gasteiger partial charge in [0.15, 0.2) is 5.78 Å². The zero-order valence-corrected chi connectivity index (χ0v) is 5.27. The maximum absolute atomic E-state index is 10.6. The van der Waals surface area contributed by atoms with Crippen molar-refractivity contribution in [3.8, 4) is 0 Å². The number of carbonyl (C=O) groups excluding carboxylic acids is 1. The summed E-state index contributed by atoms with van der Waals surface area (Å²) in [4.78, 5) is 10.6. The quantitative estimate of drug-likeness (QED) is 0.539. The van der Waals surface area contributed by atoms with E-state index < -0.39 is 0 Å². The van der Waals surface area contributed by atoms with E-state index in [1.165, 1.54) is 6.20 Å². The fourth-order valence-electron chi connectivity index (χ4n) is 0.372. The molecule has 0 bridgehead atoms. The molecule has 2 N–H and O–H groups in total. The van der Waals surface area contributed by atoms with Crippen LogP contribution in [0.5, 0.6) is 0 Å². The molecule has 0 saturated heterocycles. The average Bonchev–Trinajstić information content (AvgIpc) is 1.84. The molecule has 0 aliphatic heterocycles. The van der Waals surface area contributed by atoms with Crippen LogP contribution in [0.25, 0.3) is 0 Å². The van der Waals surface area contributed by atoms with Crippen molar-refractivity contribution in [2.24, 2.45) is 5.73 Å². The van der Waals surface area contributed by atoms with E-state index in [1.807, 2.05) is 6.92 Å². The van der Waals surface area contributed by atoms with Crippen LogP contribution in [0.1, 0.15) is 20.3 Å². The topological polar surface area (TPSA) is 43.1 Å². The molecule has 46 valence electrons. The monoisotopic (exact) mass is 113 g/mol. The lowest BCUT2D eigenvalue weighted by atomic mass is 10.2. The Morgan fingerprint density at radius 2 is 2.25 bits per heavy atom. The molecule has 0 rings (SSSR count). The predicted molar refractivity (Wildman–Crippen MR) is 33.2 cm³/mol. The van der Waals surface area contributed by atoms with Crippen LogP contribution in [0.4, 0.5) is 0 Å². The van der Waals surface area contributed by atoms with Gasteiger partial charge in [0.05, 0.1) is 0 Å². The van der Waals surface area contributed by atoms with Gasteiger partial charge in [0.1, 0.15) is 0 Å². The number of hydrogen-bond acceptors (Lipinski definition) is 2. The number of nitrogens with two attached hydrogens (primary N) is 1. The lowest BCUT2D eigenvalue weighted by Gasteiger charge is -1.90. The van der Waals surface area contributed by atoms with E-state index in [0.717, 1.165) is 0 Å².